The molecule has 0 bridgehead atoms. The van der Waals surface area contributed by atoms with Gasteiger partial charge in [-0.3, -0.25) is 4.79 Å². The van der Waals surface area contributed by atoms with Gasteiger partial charge in [0.2, 0.25) is 0 Å². The van der Waals surface area contributed by atoms with Crippen molar-refractivity contribution in [1.82, 2.24) is 5.32 Å². The summed E-state index contributed by atoms with van der Waals surface area (Å²) in [5, 5.41) is 3.39. The largest absolute Gasteiger partial charge is 0.496 e. The van der Waals surface area contributed by atoms with Gasteiger partial charge in [-0.05, 0) is 44.7 Å². The Balaban J connectivity index is 1.84. The molecule has 0 radical (unpaired) electrons. The van der Waals surface area contributed by atoms with Crippen LogP contribution in [-0.2, 0) is 14.3 Å². The summed E-state index contributed by atoms with van der Waals surface area (Å²) >= 11 is 0. The number of para-hydroxylation sites is 1. The van der Waals surface area contributed by atoms with Crippen LogP contribution in [0.4, 0.5) is 0 Å². The van der Waals surface area contributed by atoms with Crippen LogP contribution in [0.2, 0.25) is 0 Å². The van der Waals surface area contributed by atoms with Gasteiger partial charge in [-0.1, -0.05) is 48.5 Å². The van der Waals surface area contributed by atoms with Crippen LogP contribution in [0.1, 0.15) is 56.6 Å². The smallest absolute Gasteiger partial charge is 0.337 e. The molecule has 0 amide bonds. The lowest BCUT2D eigenvalue weighted by Crippen LogP contribution is -2.36. The first-order valence-corrected chi connectivity index (χ1v) is 11.0. The van der Waals surface area contributed by atoms with Crippen LogP contribution in [-0.4, -0.2) is 25.0 Å². The highest BCUT2D eigenvalue weighted by Crippen LogP contribution is 2.47. The summed E-state index contributed by atoms with van der Waals surface area (Å²) in [4.78, 5) is 26.8. The van der Waals surface area contributed by atoms with Gasteiger partial charge in [-0.2, -0.15) is 0 Å². The minimum Gasteiger partial charge on any atom is -0.496 e. The fourth-order valence-electron chi connectivity index (χ4n) is 4.76. The molecular weight excluding hydrogens is 402 g/mol. The number of benzene rings is 2. The number of methoxy groups -OCH3 is 1. The second kappa shape index (κ2) is 9.03. The zero-order chi connectivity index (χ0) is 22.8. The first-order valence-electron chi connectivity index (χ1n) is 11.0. The van der Waals surface area contributed by atoms with Gasteiger partial charge in [0.15, 0.2) is 5.78 Å². The van der Waals surface area contributed by atoms with E-state index < -0.39 is 11.9 Å². The van der Waals surface area contributed by atoms with Crippen molar-refractivity contribution in [2.75, 3.05) is 7.11 Å². The quantitative estimate of drug-likeness (QED) is 0.675. The number of carbonyl (C=O) groups is 2. The van der Waals surface area contributed by atoms with E-state index in [1.54, 1.807) is 7.11 Å². The zero-order valence-corrected chi connectivity index (χ0v) is 19.0. The number of dihydropyridines is 1. The van der Waals surface area contributed by atoms with Crippen LogP contribution in [0.5, 0.6) is 5.75 Å². The summed E-state index contributed by atoms with van der Waals surface area (Å²) in [7, 11) is 1.60. The molecule has 2 aromatic rings. The van der Waals surface area contributed by atoms with Crippen molar-refractivity contribution in [3.8, 4) is 5.75 Å². The van der Waals surface area contributed by atoms with Gasteiger partial charge < -0.3 is 14.8 Å². The molecule has 0 fully saturated rings. The number of ketones is 1. The molecule has 0 saturated carbocycles. The Kier molecular flexibility index (Phi) is 6.17. The minimum absolute atomic E-state index is 0.0471. The fraction of sp³-hybridized carbons (Fsp3) is 0.333. The number of ether oxygens (including phenoxy) is 2. The first-order chi connectivity index (χ1) is 15.4. The van der Waals surface area contributed by atoms with E-state index in [2.05, 4.69) is 17.4 Å². The molecule has 0 spiro atoms. The Labute approximate surface area is 189 Å². The maximum Gasteiger partial charge on any atom is 0.337 e. The van der Waals surface area contributed by atoms with E-state index in [1.165, 1.54) is 0 Å². The maximum atomic E-state index is 13.6. The Morgan fingerprint density at radius 2 is 1.72 bits per heavy atom. The summed E-state index contributed by atoms with van der Waals surface area (Å²) in [5.41, 5.74) is 4.65. The molecule has 166 valence electrons. The standard InChI is InChI=1S/C27H29NO4/c1-16(2)32-27(30)24-17(3)28-21-14-19(18-10-6-5-7-11-18)15-22(29)26(21)25(24)20-12-8-9-13-23(20)31-4/h5-13,16,19,25,28H,14-15H2,1-4H3. The molecule has 5 nitrogen and oxygen atoms in total. The SMILES string of the molecule is COc1ccccc1C1C(C(=O)OC(C)C)=C(C)NC2=C1C(=O)CC(c1ccccc1)C2. The highest BCUT2D eigenvalue weighted by molar-refractivity contribution is 6.04. The monoisotopic (exact) mass is 431 g/mol. The second-order valence-corrected chi connectivity index (χ2v) is 8.62. The lowest BCUT2D eigenvalue weighted by molar-refractivity contribution is -0.143. The minimum atomic E-state index is -0.530. The predicted octanol–water partition coefficient (Wildman–Crippen LogP) is 5.01. The zero-order valence-electron chi connectivity index (χ0n) is 19.0. The summed E-state index contributed by atoms with van der Waals surface area (Å²) < 4.78 is 11.2. The first kappa shape index (κ1) is 21.9. The molecule has 1 heterocycles. The van der Waals surface area contributed by atoms with Gasteiger partial charge in [0, 0.05) is 29.0 Å². The molecule has 1 aliphatic heterocycles. The highest BCUT2D eigenvalue weighted by Gasteiger charge is 2.42. The molecule has 0 saturated heterocycles. The normalized spacial score (nSPS) is 20.7. The summed E-state index contributed by atoms with van der Waals surface area (Å²) in [6.07, 6.45) is 0.850. The summed E-state index contributed by atoms with van der Waals surface area (Å²) in [5.74, 6) is -0.147. The molecule has 2 aromatic carbocycles. The number of rotatable bonds is 5. The van der Waals surface area contributed by atoms with Crippen molar-refractivity contribution in [1.29, 1.82) is 0 Å². The summed E-state index contributed by atoms with van der Waals surface area (Å²) in [6.45, 7) is 5.52. The topological polar surface area (TPSA) is 64.6 Å². The number of hydrogen-bond acceptors (Lipinski definition) is 5. The van der Waals surface area contributed by atoms with E-state index in [0.717, 1.165) is 16.8 Å². The van der Waals surface area contributed by atoms with Gasteiger partial charge >= 0.3 is 5.97 Å². The highest BCUT2D eigenvalue weighted by atomic mass is 16.5. The number of allylic oxidation sites excluding steroid dienone is 3. The maximum absolute atomic E-state index is 13.6. The van der Waals surface area contributed by atoms with Gasteiger partial charge in [0.1, 0.15) is 5.75 Å². The average Bonchev–Trinajstić information content (AvgIpc) is 2.78. The van der Waals surface area contributed by atoms with Gasteiger partial charge in [0.25, 0.3) is 0 Å². The Morgan fingerprint density at radius 3 is 2.41 bits per heavy atom. The third-order valence-corrected chi connectivity index (χ3v) is 6.11. The van der Waals surface area contributed by atoms with Crippen LogP contribution in [0.15, 0.2) is 77.1 Å². The number of Topliss-reactive ketones (excluding diaryl/α,β-unsaturated/α-hetero) is 1. The van der Waals surface area contributed by atoms with Gasteiger partial charge in [-0.15, -0.1) is 0 Å². The molecule has 5 heteroatoms. The summed E-state index contributed by atoms with van der Waals surface area (Å²) in [6, 6.07) is 17.7. The van der Waals surface area contributed by atoms with E-state index in [4.69, 9.17) is 9.47 Å². The van der Waals surface area contributed by atoms with Gasteiger partial charge in [-0.25, -0.2) is 4.79 Å². The number of hydrogen-bond donors (Lipinski definition) is 1. The fourth-order valence-corrected chi connectivity index (χ4v) is 4.76. The third kappa shape index (κ3) is 4.07. The van der Waals surface area contributed by atoms with Crippen molar-refractivity contribution in [3.63, 3.8) is 0 Å². The Morgan fingerprint density at radius 1 is 1.03 bits per heavy atom. The molecule has 0 aromatic heterocycles. The van der Waals surface area contributed by atoms with Gasteiger partial charge in [0.05, 0.1) is 24.7 Å². The molecule has 1 N–H and O–H groups in total. The average molecular weight is 432 g/mol. The predicted molar refractivity (Wildman–Crippen MR) is 123 cm³/mol. The van der Waals surface area contributed by atoms with Crippen LogP contribution < -0.4 is 10.1 Å². The molecule has 1 aliphatic carbocycles. The van der Waals surface area contributed by atoms with Crippen molar-refractivity contribution in [2.45, 2.75) is 51.6 Å². The second-order valence-electron chi connectivity index (χ2n) is 8.62. The molecule has 2 unspecified atom stereocenters. The molecule has 4 rings (SSSR count). The number of nitrogens with one attached hydrogen (secondary N) is 1. The molecule has 32 heavy (non-hydrogen) atoms. The van der Waals surface area contributed by atoms with Crippen LogP contribution in [0.25, 0.3) is 0 Å². The van der Waals surface area contributed by atoms with Crippen LogP contribution in [0, 0.1) is 0 Å². The molecule has 2 atom stereocenters. The van der Waals surface area contributed by atoms with Crippen molar-refractivity contribution in [2.24, 2.45) is 0 Å². The van der Waals surface area contributed by atoms with Crippen molar-refractivity contribution in [3.05, 3.63) is 88.3 Å². The molecular formula is C27H29NO4. The lowest BCUT2D eigenvalue weighted by Gasteiger charge is -2.37. The van der Waals surface area contributed by atoms with E-state index >= 15 is 0 Å². The van der Waals surface area contributed by atoms with E-state index in [-0.39, 0.29) is 17.8 Å². The van der Waals surface area contributed by atoms with E-state index in [1.807, 2.05) is 63.2 Å². The van der Waals surface area contributed by atoms with Crippen LogP contribution >= 0.6 is 0 Å². The van der Waals surface area contributed by atoms with E-state index in [0.29, 0.717) is 35.4 Å². The number of esters is 1. The van der Waals surface area contributed by atoms with Crippen molar-refractivity contribution < 1.29 is 19.1 Å². The Bertz CT molecular complexity index is 1100. The lowest BCUT2D eigenvalue weighted by atomic mass is 9.71. The molecule has 2 aliphatic rings. The number of carbonyl (C=O) groups excluding carboxylic acids is 2. The Hall–Kier alpha value is -3.34. The third-order valence-electron chi connectivity index (χ3n) is 6.11. The van der Waals surface area contributed by atoms with Crippen LogP contribution in [0.3, 0.4) is 0 Å². The van der Waals surface area contributed by atoms with Crippen molar-refractivity contribution >= 4 is 11.8 Å². The van der Waals surface area contributed by atoms with E-state index in [9.17, 15) is 9.59 Å².